The number of benzene rings is 2. The van der Waals surface area contributed by atoms with Gasteiger partial charge in [0.2, 0.25) is 0 Å². The van der Waals surface area contributed by atoms with Crippen molar-refractivity contribution in [1.29, 1.82) is 0 Å². The van der Waals surface area contributed by atoms with Crippen molar-refractivity contribution in [2.24, 2.45) is 0 Å². The van der Waals surface area contributed by atoms with E-state index in [0.717, 1.165) is 34.3 Å². The van der Waals surface area contributed by atoms with E-state index >= 15 is 0 Å². The van der Waals surface area contributed by atoms with Crippen molar-refractivity contribution in [3.63, 3.8) is 0 Å². The van der Waals surface area contributed by atoms with Crippen LogP contribution in [-0.4, -0.2) is 13.6 Å². The van der Waals surface area contributed by atoms with E-state index in [-0.39, 0.29) is 5.78 Å². The molecule has 0 bridgehead atoms. The molecular formula is C22H17BO. The summed E-state index contributed by atoms with van der Waals surface area (Å²) in [6.07, 6.45) is 4.34. The number of rotatable bonds is 1. The van der Waals surface area contributed by atoms with Gasteiger partial charge in [0, 0.05) is 11.1 Å². The molecule has 2 aromatic rings. The first-order valence-corrected chi connectivity index (χ1v) is 8.28. The number of allylic oxidation sites excluding steroid dienone is 4. The van der Waals surface area contributed by atoms with Crippen molar-refractivity contribution in [3.05, 3.63) is 94.5 Å². The number of hydrogen-bond acceptors (Lipinski definition) is 1. The second kappa shape index (κ2) is 5.79. The molecule has 2 heteroatoms. The molecule has 2 aliphatic rings. The van der Waals surface area contributed by atoms with Crippen molar-refractivity contribution >= 4 is 24.8 Å². The van der Waals surface area contributed by atoms with Gasteiger partial charge < -0.3 is 0 Å². The van der Waals surface area contributed by atoms with Crippen LogP contribution in [0.4, 0.5) is 0 Å². The Labute approximate surface area is 143 Å². The van der Waals surface area contributed by atoms with Crippen LogP contribution in [0.15, 0.2) is 72.2 Å². The van der Waals surface area contributed by atoms with Gasteiger partial charge in [-0.3, -0.25) is 4.79 Å². The summed E-state index contributed by atoms with van der Waals surface area (Å²) in [5, 5.41) is 0. The van der Waals surface area contributed by atoms with Crippen LogP contribution in [0.3, 0.4) is 0 Å². The zero-order valence-electron chi connectivity index (χ0n) is 13.6. The van der Waals surface area contributed by atoms with E-state index < -0.39 is 0 Å². The van der Waals surface area contributed by atoms with Gasteiger partial charge in [-0.15, -0.1) is 5.98 Å². The second-order valence-electron chi connectivity index (χ2n) is 6.39. The number of hydrogen-bond donors (Lipinski definition) is 0. The summed E-state index contributed by atoms with van der Waals surface area (Å²) in [5.74, 6) is 1.94. The summed E-state index contributed by atoms with van der Waals surface area (Å²) in [6, 6.07) is 16.6. The fraction of sp³-hybridized carbons (Fsp3) is 0.136. The lowest BCUT2D eigenvalue weighted by atomic mass is 9.70. The monoisotopic (exact) mass is 308 g/mol. The number of Topliss-reactive ketones (excluding diaryl/α,β-unsaturated/α-hetero) is 1. The van der Waals surface area contributed by atoms with E-state index in [1.807, 2.05) is 24.3 Å². The topological polar surface area (TPSA) is 17.1 Å². The number of carbonyl (C=O) groups is 1. The highest BCUT2D eigenvalue weighted by Gasteiger charge is 2.34. The van der Waals surface area contributed by atoms with E-state index in [4.69, 9.17) is 7.85 Å². The molecule has 1 atom stereocenters. The van der Waals surface area contributed by atoms with Crippen LogP contribution < -0.4 is 0 Å². The molecule has 0 heterocycles. The minimum Gasteiger partial charge on any atom is -0.289 e. The standard InChI is InChI=1S/C22H17BO/c1-14-13-20-21(17-9-4-2-7-15(14)17)18-10-5-3-8-16(18)19(22(20)24)11-6-12-23/h2-12,14H,13H2,1H3/b12-6+,19-11-. The molecule has 0 N–H and O–H groups in total. The Morgan fingerprint density at radius 2 is 1.67 bits per heavy atom. The van der Waals surface area contributed by atoms with Crippen LogP contribution in [0.5, 0.6) is 0 Å². The Morgan fingerprint density at radius 1 is 1.00 bits per heavy atom. The highest BCUT2D eigenvalue weighted by Crippen LogP contribution is 2.47. The Balaban J connectivity index is 2.04. The van der Waals surface area contributed by atoms with Gasteiger partial charge in [-0.1, -0.05) is 67.6 Å². The zero-order chi connectivity index (χ0) is 16.7. The minimum absolute atomic E-state index is 0.128. The SMILES string of the molecule is [B]/C=C/C=C1\C(=O)C2=C(c3ccccc31)c1ccccc1C(C)C2. The van der Waals surface area contributed by atoms with Gasteiger partial charge >= 0.3 is 0 Å². The van der Waals surface area contributed by atoms with Crippen molar-refractivity contribution in [2.45, 2.75) is 19.3 Å². The van der Waals surface area contributed by atoms with E-state index in [2.05, 4.69) is 37.3 Å². The molecule has 1 nitrogen and oxygen atoms in total. The van der Waals surface area contributed by atoms with Gasteiger partial charge in [-0.2, -0.15) is 0 Å². The lowest BCUT2D eigenvalue weighted by Gasteiger charge is -2.32. The average Bonchev–Trinajstić information content (AvgIpc) is 2.62. The Kier molecular flexibility index (Phi) is 3.61. The third kappa shape index (κ3) is 2.14. The lowest BCUT2D eigenvalue weighted by molar-refractivity contribution is -0.110. The summed E-state index contributed by atoms with van der Waals surface area (Å²) in [4.78, 5) is 13.2. The molecule has 0 saturated carbocycles. The molecule has 2 aliphatic carbocycles. The fourth-order valence-corrected chi connectivity index (χ4v) is 3.89. The molecule has 114 valence electrons. The molecule has 0 amide bonds. The summed E-state index contributed by atoms with van der Waals surface area (Å²) in [5.41, 5.74) is 7.42. The summed E-state index contributed by atoms with van der Waals surface area (Å²) in [7, 11) is 5.48. The van der Waals surface area contributed by atoms with Crippen LogP contribution in [-0.2, 0) is 4.79 Å². The molecule has 0 fully saturated rings. The summed E-state index contributed by atoms with van der Waals surface area (Å²) >= 11 is 0. The van der Waals surface area contributed by atoms with Crippen LogP contribution in [0.1, 0.15) is 41.5 Å². The van der Waals surface area contributed by atoms with E-state index in [1.165, 1.54) is 17.1 Å². The van der Waals surface area contributed by atoms with E-state index in [0.29, 0.717) is 5.92 Å². The highest BCUT2D eigenvalue weighted by molar-refractivity contribution is 6.35. The van der Waals surface area contributed by atoms with Crippen molar-refractivity contribution in [3.8, 4) is 0 Å². The normalized spacial score (nSPS) is 21.0. The van der Waals surface area contributed by atoms with E-state index in [1.54, 1.807) is 6.08 Å². The predicted octanol–water partition coefficient (Wildman–Crippen LogP) is 4.64. The minimum atomic E-state index is 0.128. The highest BCUT2D eigenvalue weighted by atomic mass is 16.1. The second-order valence-corrected chi connectivity index (χ2v) is 6.39. The molecule has 0 saturated heterocycles. The first-order valence-electron chi connectivity index (χ1n) is 8.28. The molecule has 1 unspecified atom stereocenters. The molecule has 0 aliphatic heterocycles. The maximum Gasteiger partial charge on any atom is 0.190 e. The Morgan fingerprint density at radius 3 is 2.42 bits per heavy atom. The van der Waals surface area contributed by atoms with Crippen LogP contribution in [0.2, 0.25) is 0 Å². The maximum absolute atomic E-state index is 13.2. The predicted molar refractivity (Wildman–Crippen MR) is 99.8 cm³/mol. The van der Waals surface area contributed by atoms with Crippen LogP contribution in [0, 0.1) is 0 Å². The summed E-state index contributed by atoms with van der Waals surface area (Å²) in [6.45, 7) is 2.19. The molecule has 2 radical (unpaired) electrons. The lowest BCUT2D eigenvalue weighted by Crippen LogP contribution is -2.21. The Bertz CT molecular complexity index is 930. The van der Waals surface area contributed by atoms with Gasteiger partial charge in [-0.25, -0.2) is 0 Å². The number of carbonyl (C=O) groups excluding carboxylic acids is 1. The molecule has 2 aromatic carbocycles. The number of ketones is 1. The maximum atomic E-state index is 13.2. The van der Waals surface area contributed by atoms with E-state index in [9.17, 15) is 4.79 Å². The van der Waals surface area contributed by atoms with Crippen molar-refractivity contribution in [2.75, 3.05) is 0 Å². The first-order chi connectivity index (χ1) is 11.7. The third-order valence-corrected chi connectivity index (χ3v) is 4.95. The first kappa shape index (κ1) is 15.0. The van der Waals surface area contributed by atoms with Gasteiger partial charge in [0.05, 0.1) is 0 Å². The Hall–Kier alpha value is -2.61. The van der Waals surface area contributed by atoms with Gasteiger partial charge in [0.1, 0.15) is 7.85 Å². The smallest absolute Gasteiger partial charge is 0.190 e. The summed E-state index contributed by atoms with van der Waals surface area (Å²) < 4.78 is 0. The van der Waals surface area contributed by atoms with Gasteiger partial charge in [0.25, 0.3) is 0 Å². The van der Waals surface area contributed by atoms with Gasteiger partial charge in [-0.05, 0) is 40.2 Å². The van der Waals surface area contributed by atoms with Crippen molar-refractivity contribution in [1.82, 2.24) is 0 Å². The molecule has 0 spiro atoms. The molecule has 24 heavy (non-hydrogen) atoms. The molecule has 0 aromatic heterocycles. The molecule has 4 rings (SSSR count). The largest absolute Gasteiger partial charge is 0.289 e. The fourth-order valence-electron chi connectivity index (χ4n) is 3.89. The van der Waals surface area contributed by atoms with Gasteiger partial charge in [0.15, 0.2) is 5.78 Å². The van der Waals surface area contributed by atoms with Crippen LogP contribution >= 0.6 is 0 Å². The van der Waals surface area contributed by atoms with Crippen LogP contribution in [0.25, 0.3) is 11.1 Å². The number of fused-ring (bicyclic) bond motifs is 4. The molecular weight excluding hydrogens is 291 g/mol. The third-order valence-electron chi connectivity index (χ3n) is 4.95. The average molecular weight is 308 g/mol. The zero-order valence-corrected chi connectivity index (χ0v) is 13.6. The van der Waals surface area contributed by atoms with Crippen molar-refractivity contribution < 1.29 is 4.79 Å². The quantitative estimate of drug-likeness (QED) is 0.554.